The maximum absolute atomic E-state index is 13.4. The van der Waals surface area contributed by atoms with Gasteiger partial charge in [0.25, 0.3) is 0 Å². The average molecular weight is 716 g/mol. The number of ether oxygens (including phenoxy) is 4. The number of rotatable bonds is 10. The summed E-state index contributed by atoms with van der Waals surface area (Å²) in [6, 6.07) is 8.49. The Labute approximate surface area is 279 Å². The lowest BCUT2D eigenvalue weighted by Crippen LogP contribution is -2.44. The van der Waals surface area contributed by atoms with Crippen LogP contribution in [0.2, 0.25) is 0 Å². The van der Waals surface area contributed by atoms with E-state index in [0.29, 0.717) is 64.1 Å². The average Bonchev–Trinajstić information content (AvgIpc) is 3.51. The summed E-state index contributed by atoms with van der Waals surface area (Å²) in [6.45, 7) is 13.5. The van der Waals surface area contributed by atoms with Crippen LogP contribution in [0.4, 0.5) is 28.8 Å². The molecule has 2 fully saturated rings. The maximum atomic E-state index is 13.4. The van der Waals surface area contributed by atoms with Gasteiger partial charge >= 0.3 is 0 Å². The first kappa shape index (κ1) is 32.9. The highest BCUT2D eigenvalue weighted by Crippen LogP contribution is 2.47. The highest BCUT2D eigenvalue weighted by molar-refractivity contribution is 9.10. The minimum atomic E-state index is -2.75. The molecule has 4 heterocycles. The first-order chi connectivity index (χ1) is 22.1. The molecule has 2 N–H and O–H groups in total. The Balaban J connectivity index is 1.18. The van der Waals surface area contributed by atoms with Crippen LogP contribution in [0.3, 0.4) is 0 Å². The molecular formula is C33H44BrN6O5P. The van der Waals surface area contributed by atoms with Gasteiger partial charge < -0.3 is 39.0 Å². The molecule has 3 aromatic rings. The fraction of sp³-hybridized carbons (Fsp3) is 0.515. The zero-order chi connectivity index (χ0) is 32.4. The van der Waals surface area contributed by atoms with Crippen LogP contribution < -0.4 is 35.0 Å². The molecule has 11 nitrogen and oxygen atoms in total. The number of hydrogen-bond acceptors (Lipinski definition) is 11. The quantitative estimate of drug-likeness (QED) is 0.236. The van der Waals surface area contributed by atoms with Gasteiger partial charge in [-0.1, -0.05) is 0 Å². The van der Waals surface area contributed by atoms with Gasteiger partial charge in [0.05, 0.1) is 34.4 Å². The Morgan fingerprint density at radius 1 is 1.07 bits per heavy atom. The fourth-order valence-corrected chi connectivity index (χ4v) is 8.38. The van der Waals surface area contributed by atoms with Crippen molar-refractivity contribution in [2.24, 2.45) is 0 Å². The number of aromatic nitrogens is 2. The van der Waals surface area contributed by atoms with Gasteiger partial charge in [-0.2, -0.15) is 4.98 Å². The molecule has 0 aliphatic carbocycles. The van der Waals surface area contributed by atoms with E-state index in [-0.39, 0.29) is 0 Å². The van der Waals surface area contributed by atoms with Crippen LogP contribution in [0.15, 0.2) is 34.9 Å². The summed E-state index contributed by atoms with van der Waals surface area (Å²) in [4.78, 5) is 14.4. The molecule has 1 atom stereocenters. The van der Waals surface area contributed by atoms with Crippen LogP contribution in [0, 0.1) is 6.92 Å². The lowest BCUT2D eigenvalue weighted by Gasteiger charge is -2.38. The van der Waals surface area contributed by atoms with Crippen molar-refractivity contribution in [2.75, 3.05) is 82.0 Å². The number of methoxy groups -OCH3 is 1. The van der Waals surface area contributed by atoms with Crippen LogP contribution >= 0.6 is 23.1 Å². The van der Waals surface area contributed by atoms with Crippen molar-refractivity contribution in [3.05, 3.63) is 40.5 Å². The van der Waals surface area contributed by atoms with Crippen molar-refractivity contribution in [2.45, 2.75) is 45.3 Å². The van der Waals surface area contributed by atoms with E-state index < -0.39 is 7.14 Å². The number of anilines is 5. The third kappa shape index (κ3) is 7.10. The Bertz CT molecular complexity index is 1610. The van der Waals surface area contributed by atoms with E-state index in [2.05, 4.69) is 67.3 Å². The van der Waals surface area contributed by atoms with Gasteiger partial charge in [-0.25, -0.2) is 4.98 Å². The van der Waals surface area contributed by atoms with Crippen molar-refractivity contribution in [1.82, 2.24) is 14.9 Å². The zero-order valence-electron chi connectivity index (χ0n) is 27.3. The first-order valence-corrected chi connectivity index (χ1v) is 19.4. The van der Waals surface area contributed by atoms with E-state index in [9.17, 15) is 4.57 Å². The zero-order valence-corrected chi connectivity index (χ0v) is 29.7. The van der Waals surface area contributed by atoms with Gasteiger partial charge in [-0.05, 0) is 86.1 Å². The van der Waals surface area contributed by atoms with Gasteiger partial charge in [0.15, 0.2) is 11.5 Å². The third-order valence-corrected chi connectivity index (χ3v) is 11.0. The summed E-state index contributed by atoms with van der Waals surface area (Å²) in [5, 5.41) is 7.30. The number of fused-ring (bicyclic) bond motifs is 1. The van der Waals surface area contributed by atoms with Gasteiger partial charge in [-0.3, -0.25) is 4.90 Å². The number of nitrogens with zero attached hydrogens (tertiary/aromatic N) is 4. The van der Waals surface area contributed by atoms with Gasteiger partial charge in [0.1, 0.15) is 31.9 Å². The second-order valence-electron chi connectivity index (χ2n) is 12.4. The minimum absolute atomic E-state index is 0.383. The largest absolute Gasteiger partial charge is 0.494 e. The SMILES string of the molecule is CCO[C@H]1CCN(C2CCN(c3cc(OC)c(Nc4ncc(Br)c(Nc5ccc6c(c5P(C)(C)=O)OCCO6)n4)cc3C)CC2)C1. The first-order valence-electron chi connectivity index (χ1n) is 16.0. The second kappa shape index (κ2) is 14.0. The molecule has 3 aliphatic heterocycles. The Morgan fingerprint density at radius 2 is 1.85 bits per heavy atom. The maximum Gasteiger partial charge on any atom is 0.229 e. The second-order valence-corrected chi connectivity index (χ2v) is 16.4. The molecule has 3 aliphatic rings. The lowest BCUT2D eigenvalue weighted by atomic mass is 10.0. The number of halogens is 1. The predicted molar refractivity (Wildman–Crippen MR) is 187 cm³/mol. The van der Waals surface area contributed by atoms with Crippen molar-refractivity contribution in [3.63, 3.8) is 0 Å². The molecular weight excluding hydrogens is 671 g/mol. The van der Waals surface area contributed by atoms with E-state index in [1.807, 2.05) is 12.1 Å². The molecule has 0 saturated carbocycles. The Hall–Kier alpha value is -3.05. The number of likely N-dealkylation sites (tertiary alicyclic amines) is 1. The number of nitrogens with one attached hydrogen (secondary N) is 2. The van der Waals surface area contributed by atoms with Gasteiger partial charge in [0, 0.05) is 56.8 Å². The summed E-state index contributed by atoms with van der Waals surface area (Å²) < 4.78 is 37.4. The molecule has 6 rings (SSSR count). The summed E-state index contributed by atoms with van der Waals surface area (Å²) in [5.41, 5.74) is 3.75. The minimum Gasteiger partial charge on any atom is -0.494 e. The number of aryl methyl sites for hydroxylation is 1. The van der Waals surface area contributed by atoms with E-state index in [1.165, 1.54) is 5.69 Å². The van der Waals surface area contributed by atoms with E-state index in [0.717, 1.165) is 69.0 Å². The molecule has 2 saturated heterocycles. The van der Waals surface area contributed by atoms with Crippen molar-refractivity contribution in [3.8, 4) is 17.2 Å². The summed E-state index contributed by atoms with van der Waals surface area (Å²) in [7, 11) is -1.07. The standard InChI is InChI=1S/C33H44BrN6O5P/c1-6-43-23-11-14-40(20-23)22-9-12-39(13-10-22)27-18-29(42-3)26(17-21(27)2)37-33-35-19-24(34)32(38-33)36-25-7-8-28-30(45-16-15-44-28)31(25)46(4,5)41/h7-8,17-19,22-23H,6,9-16,20H2,1-5H3,(H2,35,36,37,38)/t23-/m0/s1. The third-order valence-electron chi connectivity index (χ3n) is 8.88. The summed E-state index contributed by atoms with van der Waals surface area (Å²) in [6.07, 6.45) is 5.48. The molecule has 0 spiro atoms. The molecule has 0 bridgehead atoms. The van der Waals surface area contributed by atoms with Crippen LogP contribution in [-0.2, 0) is 9.30 Å². The smallest absolute Gasteiger partial charge is 0.229 e. The summed E-state index contributed by atoms with van der Waals surface area (Å²) in [5.74, 6) is 2.74. The normalized spacial score (nSPS) is 18.9. The fourth-order valence-electron chi connectivity index (χ4n) is 6.71. The Morgan fingerprint density at radius 3 is 2.59 bits per heavy atom. The van der Waals surface area contributed by atoms with Crippen molar-refractivity contribution < 1.29 is 23.5 Å². The molecule has 13 heteroatoms. The molecule has 1 aromatic heterocycles. The summed E-state index contributed by atoms with van der Waals surface area (Å²) >= 11 is 3.57. The molecule has 0 radical (unpaired) electrons. The van der Waals surface area contributed by atoms with E-state index in [1.54, 1.807) is 26.6 Å². The Kier molecular flexibility index (Phi) is 9.99. The van der Waals surface area contributed by atoms with Crippen molar-refractivity contribution >= 4 is 57.2 Å². The van der Waals surface area contributed by atoms with Gasteiger partial charge in [0.2, 0.25) is 5.95 Å². The highest BCUT2D eigenvalue weighted by Gasteiger charge is 2.32. The predicted octanol–water partition coefficient (Wildman–Crippen LogP) is 6.14. The lowest BCUT2D eigenvalue weighted by molar-refractivity contribution is 0.0626. The van der Waals surface area contributed by atoms with E-state index in [4.69, 9.17) is 23.9 Å². The van der Waals surface area contributed by atoms with E-state index >= 15 is 0 Å². The van der Waals surface area contributed by atoms with Gasteiger partial charge in [-0.15, -0.1) is 0 Å². The number of benzene rings is 2. The van der Waals surface area contributed by atoms with Crippen molar-refractivity contribution in [1.29, 1.82) is 0 Å². The van der Waals surface area contributed by atoms with Crippen LogP contribution in [0.1, 0.15) is 31.7 Å². The molecule has 0 unspecified atom stereocenters. The highest BCUT2D eigenvalue weighted by atomic mass is 79.9. The van der Waals surface area contributed by atoms with Crippen LogP contribution in [0.5, 0.6) is 17.2 Å². The monoisotopic (exact) mass is 714 g/mol. The number of piperidine rings is 1. The van der Waals surface area contributed by atoms with Crippen LogP contribution in [-0.4, -0.2) is 93.5 Å². The van der Waals surface area contributed by atoms with Crippen LogP contribution in [0.25, 0.3) is 0 Å². The molecule has 46 heavy (non-hydrogen) atoms. The topological polar surface area (TPSA) is 110 Å². The molecule has 248 valence electrons. The molecule has 2 aromatic carbocycles. The molecule has 0 amide bonds. The number of hydrogen-bond donors (Lipinski definition) is 2.